The van der Waals surface area contributed by atoms with Crippen LogP contribution in [0.15, 0.2) is 54.6 Å². The molecule has 0 unspecified atom stereocenters. The summed E-state index contributed by atoms with van der Waals surface area (Å²) in [6.45, 7) is 3.28. The minimum absolute atomic E-state index is 0.0121. The summed E-state index contributed by atoms with van der Waals surface area (Å²) in [6, 6.07) is 11.6. The van der Waals surface area contributed by atoms with Gasteiger partial charge in [-0.1, -0.05) is 12.1 Å². The lowest BCUT2D eigenvalue weighted by Crippen LogP contribution is -2.43. The molecule has 0 spiro atoms. The van der Waals surface area contributed by atoms with Crippen molar-refractivity contribution < 1.29 is 55.4 Å². The quantitative estimate of drug-likeness (QED) is 0.156. The van der Waals surface area contributed by atoms with Crippen LogP contribution < -0.4 is 9.47 Å². The van der Waals surface area contributed by atoms with Gasteiger partial charge in [-0.15, -0.1) is 0 Å². The summed E-state index contributed by atoms with van der Waals surface area (Å²) in [5.41, 5.74) is 0.288. The number of hydrogen-bond acceptors (Lipinski definition) is 11. The zero-order valence-corrected chi connectivity index (χ0v) is 23.1. The highest BCUT2D eigenvalue weighted by Gasteiger charge is 2.48. The predicted molar refractivity (Wildman–Crippen MR) is 151 cm³/mol. The Morgan fingerprint density at radius 1 is 0.698 bits per heavy atom. The summed E-state index contributed by atoms with van der Waals surface area (Å²) >= 11 is 0. The van der Waals surface area contributed by atoms with E-state index >= 15 is 0 Å². The molecular weight excluding hydrogens is 560 g/mol. The van der Waals surface area contributed by atoms with Crippen molar-refractivity contribution in [2.24, 2.45) is 0 Å². The summed E-state index contributed by atoms with van der Waals surface area (Å²) in [6.07, 6.45) is -3.79. The topological polar surface area (TPSA) is 201 Å². The molecule has 0 radical (unpaired) electrons. The Bertz CT molecular complexity index is 1760. The van der Waals surface area contributed by atoms with Crippen molar-refractivity contribution in [2.45, 2.75) is 50.1 Å². The Morgan fingerprint density at radius 2 is 1.30 bits per heavy atom. The Morgan fingerprint density at radius 3 is 1.95 bits per heavy atom. The Balaban J connectivity index is 1.57. The van der Waals surface area contributed by atoms with E-state index in [-0.39, 0.29) is 51.9 Å². The predicted octanol–water partition coefficient (Wildman–Crippen LogP) is 3.99. The summed E-state index contributed by atoms with van der Waals surface area (Å²) in [4.78, 5) is 0. The van der Waals surface area contributed by atoms with Crippen LogP contribution in [0.25, 0.3) is 0 Å². The van der Waals surface area contributed by atoms with Gasteiger partial charge < -0.3 is 55.4 Å². The molecule has 2 heterocycles. The molecule has 2 aliphatic heterocycles. The molecule has 0 saturated carbocycles. The van der Waals surface area contributed by atoms with E-state index in [1.807, 2.05) is 0 Å². The van der Waals surface area contributed by atoms with Crippen molar-refractivity contribution in [3.05, 3.63) is 88.0 Å². The molecule has 2 aliphatic rings. The van der Waals surface area contributed by atoms with Crippen molar-refractivity contribution in [2.75, 3.05) is 0 Å². The monoisotopic (exact) mass is 590 g/mol. The number of hydrogen-bond donors (Lipinski definition) is 9. The summed E-state index contributed by atoms with van der Waals surface area (Å²) < 4.78 is 12.4. The third-order valence-corrected chi connectivity index (χ3v) is 8.22. The first kappa shape index (κ1) is 28.1. The lowest BCUT2D eigenvalue weighted by molar-refractivity contribution is -0.0640. The fraction of sp³-hybridized carbons (Fsp3) is 0.250. The summed E-state index contributed by atoms with van der Waals surface area (Å²) in [7, 11) is 0. The zero-order valence-electron chi connectivity index (χ0n) is 23.1. The molecule has 0 bridgehead atoms. The Hall–Kier alpha value is -5.00. The van der Waals surface area contributed by atoms with Crippen LogP contribution >= 0.6 is 0 Å². The number of benzene rings is 4. The van der Waals surface area contributed by atoms with Crippen molar-refractivity contribution in [1.82, 2.24) is 0 Å². The van der Waals surface area contributed by atoms with Crippen molar-refractivity contribution >= 4 is 0 Å². The number of phenolic OH excluding ortho intramolecular Hbond substituents is 7. The minimum Gasteiger partial charge on any atom is -0.508 e. The van der Waals surface area contributed by atoms with Crippen molar-refractivity contribution in [1.29, 1.82) is 0 Å². The maximum absolute atomic E-state index is 11.9. The third-order valence-electron chi connectivity index (χ3n) is 8.22. The van der Waals surface area contributed by atoms with Gasteiger partial charge in [-0.3, -0.25) is 0 Å². The van der Waals surface area contributed by atoms with Crippen LogP contribution in [0.2, 0.25) is 0 Å². The van der Waals surface area contributed by atoms with E-state index in [1.165, 1.54) is 48.5 Å². The maximum Gasteiger partial charge on any atom is 0.157 e. The number of aliphatic hydroxyl groups excluding tert-OH is 1. The van der Waals surface area contributed by atoms with Crippen LogP contribution in [-0.4, -0.2) is 57.7 Å². The Kier molecular flexibility index (Phi) is 6.40. The van der Waals surface area contributed by atoms with Gasteiger partial charge in [0.2, 0.25) is 0 Å². The van der Waals surface area contributed by atoms with E-state index in [0.29, 0.717) is 16.7 Å². The van der Waals surface area contributed by atoms with E-state index in [2.05, 4.69) is 0 Å². The molecule has 0 fully saturated rings. The van der Waals surface area contributed by atoms with Gasteiger partial charge in [0.05, 0.1) is 5.92 Å². The molecule has 9 N–H and O–H groups in total. The first-order valence-corrected chi connectivity index (χ1v) is 13.5. The first-order valence-electron chi connectivity index (χ1n) is 13.5. The minimum atomic E-state index is -1.52. The highest BCUT2D eigenvalue weighted by atomic mass is 16.5. The first-order chi connectivity index (χ1) is 20.3. The van der Waals surface area contributed by atoms with Gasteiger partial charge in [-0.2, -0.15) is 0 Å². The van der Waals surface area contributed by atoms with Gasteiger partial charge in [0.1, 0.15) is 40.5 Å². The number of aryl methyl sites for hydroxylation is 1. The lowest BCUT2D eigenvalue weighted by Gasteiger charge is -2.43. The van der Waals surface area contributed by atoms with Crippen LogP contribution in [0.4, 0.5) is 0 Å². The second kappa shape index (κ2) is 9.79. The van der Waals surface area contributed by atoms with Gasteiger partial charge in [-0.25, -0.2) is 0 Å². The number of ether oxygens (including phenoxy) is 2. The molecule has 11 nitrogen and oxygen atoms in total. The van der Waals surface area contributed by atoms with Gasteiger partial charge in [0, 0.05) is 35.2 Å². The van der Waals surface area contributed by atoms with Crippen molar-refractivity contribution in [3.8, 4) is 51.7 Å². The van der Waals surface area contributed by atoms with Gasteiger partial charge >= 0.3 is 0 Å². The number of aliphatic hydroxyl groups is 2. The second-order valence-corrected chi connectivity index (χ2v) is 11.3. The fourth-order valence-electron chi connectivity index (χ4n) is 6.17. The molecule has 224 valence electrons. The van der Waals surface area contributed by atoms with E-state index in [4.69, 9.17) is 9.47 Å². The van der Waals surface area contributed by atoms with E-state index in [0.717, 1.165) is 6.07 Å². The number of phenols is 7. The second-order valence-electron chi connectivity index (χ2n) is 11.3. The zero-order chi connectivity index (χ0) is 31.0. The molecule has 6 rings (SSSR count). The highest BCUT2D eigenvalue weighted by molar-refractivity contribution is 5.65. The average Bonchev–Trinajstić information content (AvgIpc) is 2.92. The summed E-state index contributed by atoms with van der Waals surface area (Å²) in [5, 5.41) is 96.0. The third kappa shape index (κ3) is 4.53. The molecule has 43 heavy (non-hydrogen) atoms. The molecule has 0 aromatic heterocycles. The SMILES string of the molecule is Cc1cc(O)c([C@@H]2c3c(O)cc(O)cc3O[C@H](c3ccc(O)c(O)c3)[C@@H]2O)c2c1C[C@](C)(O)[C@H](c1ccc(O)c(O)c1)O2. The van der Waals surface area contributed by atoms with Gasteiger partial charge in [0.15, 0.2) is 35.2 Å². The van der Waals surface area contributed by atoms with Crippen LogP contribution in [0.5, 0.6) is 51.7 Å². The van der Waals surface area contributed by atoms with E-state index in [9.17, 15) is 46.0 Å². The van der Waals surface area contributed by atoms with Crippen LogP contribution in [-0.2, 0) is 6.42 Å². The Labute approximate surface area is 245 Å². The fourth-order valence-corrected chi connectivity index (χ4v) is 6.17. The average molecular weight is 591 g/mol. The normalized spacial score (nSPS) is 24.4. The van der Waals surface area contributed by atoms with Gasteiger partial charge in [-0.05, 0) is 60.9 Å². The van der Waals surface area contributed by atoms with Crippen LogP contribution in [0.3, 0.4) is 0 Å². The molecule has 0 saturated heterocycles. The van der Waals surface area contributed by atoms with E-state index in [1.54, 1.807) is 13.8 Å². The van der Waals surface area contributed by atoms with Gasteiger partial charge in [0.25, 0.3) is 0 Å². The van der Waals surface area contributed by atoms with Crippen LogP contribution in [0.1, 0.15) is 58.4 Å². The molecule has 11 heteroatoms. The standard InChI is InChI=1S/C32H30O11/c1-13-7-22(38)26(30-17(13)12-32(2,41)31(43-30)15-4-6-19(35)21(37)9-15)27-25-23(39)10-16(33)11-24(25)42-29(28(27)40)14-3-5-18(34)20(36)8-14/h3-11,27-29,31,33-41H,12H2,1-2H3/t27-,28+,29+,31-,32-/m0/s1. The molecular formula is C32H30O11. The molecule has 4 aromatic carbocycles. The maximum atomic E-state index is 11.9. The number of fused-ring (bicyclic) bond motifs is 2. The van der Waals surface area contributed by atoms with Crippen LogP contribution in [0, 0.1) is 6.92 Å². The lowest BCUT2D eigenvalue weighted by atomic mass is 9.75. The number of aromatic hydroxyl groups is 7. The van der Waals surface area contributed by atoms with Crippen molar-refractivity contribution in [3.63, 3.8) is 0 Å². The molecule has 0 aliphatic carbocycles. The van der Waals surface area contributed by atoms with E-state index < -0.39 is 52.8 Å². The largest absolute Gasteiger partial charge is 0.508 e. The molecule has 5 atom stereocenters. The molecule has 0 amide bonds. The smallest absolute Gasteiger partial charge is 0.157 e. The summed E-state index contributed by atoms with van der Waals surface area (Å²) in [5.74, 6) is -3.79. The highest BCUT2D eigenvalue weighted by Crippen LogP contribution is 2.57. The molecule has 4 aromatic rings. The number of rotatable bonds is 3.